The fraction of sp³-hybridized carbons (Fsp3) is 0.364. The van der Waals surface area contributed by atoms with Crippen LogP contribution in [0.2, 0.25) is 5.02 Å². The normalized spacial score (nSPS) is 10.1. The van der Waals surface area contributed by atoms with Crippen LogP contribution in [0.15, 0.2) is 18.2 Å². The highest BCUT2D eigenvalue weighted by atomic mass is 35.5. The SMILES string of the molecule is COCCCOC(=O)c1ccc(Cl)c(N)c1. The fourth-order valence-electron chi connectivity index (χ4n) is 1.12. The molecule has 0 aromatic heterocycles. The number of carbonyl (C=O) groups excluding carboxylic acids is 1. The minimum atomic E-state index is -0.403. The fourth-order valence-corrected chi connectivity index (χ4v) is 1.24. The molecular weight excluding hydrogens is 230 g/mol. The van der Waals surface area contributed by atoms with Crippen molar-refractivity contribution >= 4 is 23.3 Å². The molecule has 2 N–H and O–H groups in total. The van der Waals surface area contributed by atoms with Gasteiger partial charge in [-0.25, -0.2) is 4.79 Å². The van der Waals surface area contributed by atoms with Crippen LogP contribution in [-0.4, -0.2) is 26.3 Å². The maximum absolute atomic E-state index is 11.5. The van der Waals surface area contributed by atoms with Crippen molar-refractivity contribution in [3.63, 3.8) is 0 Å². The molecule has 0 spiro atoms. The lowest BCUT2D eigenvalue weighted by molar-refractivity contribution is 0.0468. The number of carbonyl (C=O) groups is 1. The summed E-state index contributed by atoms with van der Waals surface area (Å²) in [7, 11) is 1.60. The van der Waals surface area contributed by atoms with E-state index >= 15 is 0 Å². The van der Waals surface area contributed by atoms with E-state index in [4.69, 9.17) is 26.8 Å². The zero-order valence-corrected chi connectivity index (χ0v) is 9.79. The van der Waals surface area contributed by atoms with Crippen LogP contribution in [0.25, 0.3) is 0 Å². The average Bonchev–Trinajstić information content (AvgIpc) is 2.28. The van der Waals surface area contributed by atoms with Crippen molar-refractivity contribution in [2.24, 2.45) is 0 Å². The minimum absolute atomic E-state index is 0.329. The minimum Gasteiger partial charge on any atom is -0.462 e. The highest BCUT2D eigenvalue weighted by molar-refractivity contribution is 6.33. The molecular formula is C11H14ClNO3. The predicted molar refractivity (Wildman–Crippen MR) is 62.6 cm³/mol. The molecule has 5 heteroatoms. The molecule has 1 aromatic carbocycles. The van der Waals surface area contributed by atoms with Crippen molar-refractivity contribution in [1.82, 2.24) is 0 Å². The summed E-state index contributed by atoms with van der Waals surface area (Å²) in [6, 6.07) is 4.65. The van der Waals surface area contributed by atoms with E-state index in [1.165, 1.54) is 6.07 Å². The second-order valence-corrected chi connectivity index (χ2v) is 3.63. The molecule has 0 fully saturated rings. The molecule has 16 heavy (non-hydrogen) atoms. The number of rotatable bonds is 5. The Kier molecular flexibility index (Phi) is 5.08. The summed E-state index contributed by atoms with van der Waals surface area (Å²) in [6.45, 7) is 0.894. The molecule has 4 nitrogen and oxygen atoms in total. The van der Waals surface area contributed by atoms with Gasteiger partial charge in [0.1, 0.15) is 0 Å². The lowest BCUT2D eigenvalue weighted by Crippen LogP contribution is -2.08. The van der Waals surface area contributed by atoms with Crippen molar-refractivity contribution in [1.29, 1.82) is 0 Å². The van der Waals surface area contributed by atoms with Crippen LogP contribution in [-0.2, 0) is 9.47 Å². The van der Waals surface area contributed by atoms with Crippen LogP contribution in [0.1, 0.15) is 16.8 Å². The van der Waals surface area contributed by atoms with Gasteiger partial charge in [-0.3, -0.25) is 0 Å². The van der Waals surface area contributed by atoms with Gasteiger partial charge in [0.15, 0.2) is 0 Å². The molecule has 0 atom stereocenters. The summed E-state index contributed by atoms with van der Waals surface area (Å²) in [6.07, 6.45) is 0.672. The smallest absolute Gasteiger partial charge is 0.338 e. The van der Waals surface area contributed by atoms with Gasteiger partial charge in [-0.1, -0.05) is 11.6 Å². The van der Waals surface area contributed by atoms with E-state index < -0.39 is 5.97 Å². The van der Waals surface area contributed by atoms with Gasteiger partial charge < -0.3 is 15.2 Å². The van der Waals surface area contributed by atoms with E-state index in [1.807, 2.05) is 0 Å². The molecule has 0 amide bonds. The Morgan fingerprint density at radius 2 is 2.19 bits per heavy atom. The number of esters is 1. The standard InChI is InChI=1S/C11H14ClNO3/c1-15-5-2-6-16-11(14)8-3-4-9(12)10(13)7-8/h3-4,7H,2,5-6,13H2,1H3. The number of methoxy groups -OCH3 is 1. The number of ether oxygens (including phenoxy) is 2. The van der Waals surface area contributed by atoms with Crippen LogP contribution in [0.4, 0.5) is 5.69 Å². The Morgan fingerprint density at radius 1 is 1.44 bits per heavy atom. The molecule has 0 aliphatic rings. The monoisotopic (exact) mass is 243 g/mol. The molecule has 0 aliphatic carbocycles. The predicted octanol–water partition coefficient (Wildman–Crippen LogP) is 2.12. The summed E-state index contributed by atoms with van der Waals surface area (Å²) >= 11 is 5.74. The molecule has 0 bridgehead atoms. The lowest BCUT2D eigenvalue weighted by atomic mass is 10.2. The molecule has 1 aromatic rings. The van der Waals surface area contributed by atoms with Crippen LogP contribution in [0.3, 0.4) is 0 Å². The van der Waals surface area contributed by atoms with E-state index in [1.54, 1.807) is 19.2 Å². The van der Waals surface area contributed by atoms with Crippen molar-refractivity contribution in [3.05, 3.63) is 28.8 Å². The van der Waals surface area contributed by atoms with Crippen molar-refractivity contribution in [3.8, 4) is 0 Å². The lowest BCUT2D eigenvalue weighted by Gasteiger charge is -2.05. The van der Waals surface area contributed by atoms with Gasteiger partial charge in [0.25, 0.3) is 0 Å². The quantitative estimate of drug-likeness (QED) is 0.489. The molecule has 0 saturated carbocycles. The third kappa shape index (κ3) is 3.72. The molecule has 0 aliphatic heterocycles. The van der Waals surface area contributed by atoms with Crippen molar-refractivity contribution < 1.29 is 14.3 Å². The summed E-state index contributed by atoms with van der Waals surface area (Å²) in [5.41, 5.74) is 6.35. The van der Waals surface area contributed by atoms with Gasteiger partial charge in [-0.2, -0.15) is 0 Å². The van der Waals surface area contributed by atoms with E-state index in [0.29, 0.717) is 35.9 Å². The summed E-state index contributed by atoms with van der Waals surface area (Å²) < 4.78 is 9.84. The number of hydrogen-bond donors (Lipinski definition) is 1. The third-order valence-corrected chi connectivity index (χ3v) is 2.30. The molecule has 88 valence electrons. The number of halogens is 1. The van der Waals surface area contributed by atoms with E-state index in [2.05, 4.69) is 0 Å². The average molecular weight is 244 g/mol. The summed E-state index contributed by atoms with van der Waals surface area (Å²) in [4.78, 5) is 11.5. The van der Waals surface area contributed by atoms with E-state index in [-0.39, 0.29) is 0 Å². The van der Waals surface area contributed by atoms with Crippen molar-refractivity contribution in [2.75, 3.05) is 26.1 Å². The van der Waals surface area contributed by atoms with Gasteiger partial charge >= 0.3 is 5.97 Å². The summed E-state index contributed by atoms with van der Waals surface area (Å²) in [5, 5.41) is 0.427. The zero-order chi connectivity index (χ0) is 12.0. The van der Waals surface area contributed by atoms with Gasteiger partial charge in [-0.15, -0.1) is 0 Å². The molecule has 0 saturated heterocycles. The zero-order valence-electron chi connectivity index (χ0n) is 9.03. The Labute approximate surface area is 99.3 Å². The summed E-state index contributed by atoms with van der Waals surface area (Å²) in [5.74, 6) is -0.403. The number of benzene rings is 1. The van der Waals surface area contributed by atoms with Crippen LogP contribution in [0, 0.1) is 0 Å². The maximum Gasteiger partial charge on any atom is 0.338 e. The van der Waals surface area contributed by atoms with Gasteiger partial charge in [0, 0.05) is 20.1 Å². The third-order valence-electron chi connectivity index (χ3n) is 1.96. The first-order chi connectivity index (χ1) is 7.65. The van der Waals surface area contributed by atoms with Crippen LogP contribution < -0.4 is 5.73 Å². The maximum atomic E-state index is 11.5. The highest BCUT2D eigenvalue weighted by Crippen LogP contribution is 2.19. The number of anilines is 1. The Morgan fingerprint density at radius 3 is 2.81 bits per heavy atom. The van der Waals surface area contributed by atoms with E-state index in [9.17, 15) is 4.79 Å². The van der Waals surface area contributed by atoms with Crippen molar-refractivity contribution in [2.45, 2.75) is 6.42 Å². The van der Waals surface area contributed by atoms with Crippen LogP contribution in [0.5, 0.6) is 0 Å². The molecule has 0 heterocycles. The first-order valence-corrected chi connectivity index (χ1v) is 5.24. The molecule has 0 radical (unpaired) electrons. The number of hydrogen-bond acceptors (Lipinski definition) is 4. The Balaban J connectivity index is 2.50. The van der Waals surface area contributed by atoms with Crippen LogP contribution >= 0.6 is 11.6 Å². The Bertz CT molecular complexity index is 368. The number of nitrogen functional groups attached to an aromatic ring is 1. The second-order valence-electron chi connectivity index (χ2n) is 3.22. The first kappa shape index (κ1) is 12.8. The van der Waals surface area contributed by atoms with Gasteiger partial charge in [0.2, 0.25) is 0 Å². The second kappa shape index (κ2) is 6.35. The Hall–Kier alpha value is -1.26. The van der Waals surface area contributed by atoms with E-state index in [0.717, 1.165) is 0 Å². The first-order valence-electron chi connectivity index (χ1n) is 4.86. The highest BCUT2D eigenvalue weighted by Gasteiger charge is 2.08. The van der Waals surface area contributed by atoms with Gasteiger partial charge in [-0.05, 0) is 18.2 Å². The largest absolute Gasteiger partial charge is 0.462 e. The topological polar surface area (TPSA) is 61.5 Å². The molecule has 1 rings (SSSR count). The van der Waals surface area contributed by atoms with Gasteiger partial charge in [0.05, 0.1) is 22.9 Å². The molecule has 0 unspecified atom stereocenters. The number of nitrogens with two attached hydrogens (primary N) is 1.